The first kappa shape index (κ1) is 19.0. The molecule has 2 aromatic rings. The van der Waals surface area contributed by atoms with E-state index >= 15 is 0 Å². The third-order valence-electron chi connectivity index (χ3n) is 4.12. The second-order valence-electron chi connectivity index (χ2n) is 5.82. The number of alkyl halides is 3. The molecule has 1 aliphatic rings. The Balaban J connectivity index is 1.95. The lowest BCUT2D eigenvalue weighted by molar-refractivity contribution is -0.137. The quantitative estimate of drug-likeness (QED) is 0.764. The molecular weight excluding hydrogens is 381 g/mol. The fourth-order valence-corrected chi connectivity index (χ4v) is 2.96. The lowest BCUT2D eigenvalue weighted by Gasteiger charge is -2.17. The molecule has 0 fully saturated rings. The number of hydrogen-bond acceptors (Lipinski definition) is 3. The third-order valence-corrected chi connectivity index (χ3v) is 4.47. The Morgan fingerprint density at radius 1 is 1.04 bits per heavy atom. The fraction of sp³-hybridized carbons (Fsp3) is 0.158. The molecule has 140 valence electrons. The zero-order chi connectivity index (χ0) is 19.8. The van der Waals surface area contributed by atoms with Crippen LogP contribution in [0.4, 0.5) is 24.5 Å². The van der Waals surface area contributed by atoms with Crippen LogP contribution in [0.2, 0.25) is 0 Å². The molecule has 0 saturated heterocycles. The second-order valence-corrected chi connectivity index (χ2v) is 6.20. The summed E-state index contributed by atoms with van der Waals surface area (Å²) >= 11 is 6.03. The minimum absolute atomic E-state index is 0.167. The lowest BCUT2D eigenvalue weighted by atomic mass is 10.1. The summed E-state index contributed by atoms with van der Waals surface area (Å²) in [5.41, 5.74) is 0.167. The van der Waals surface area contributed by atoms with Crippen molar-refractivity contribution in [2.75, 3.05) is 10.2 Å². The van der Waals surface area contributed by atoms with Crippen LogP contribution in [0.15, 0.2) is 59.3 Å². The van der Waals surface area contributed by atoms with E-state index in [0.29, 0.717) is 17.0 Å². The van der Waals surface area contributed by atoms with E-state index in [2.05, 4.69) is 5.32 Å². The van der Waals surface area contributed by atoms with E-state index in [9.17, 15) is 22.8 Å². The standard InChI is InChI=1S/C19H14ClF3N2O2/c1-2-11-6-3-4-9-14(11)24-16-15(20)17(26)25(18(16)27)13-8-5-7-12(10-13)19(21,22)23/h3-10,24H,2H2,1H3. The number of carbonyl (C=O) groups excluding carboxylic acids is 2. The molecule has 2 aromatic carbocycles. The van der Waals surface area contributed by atoms with Crippen molar-refractivity contribution in [2.45, 2.75) is 19.5 Å². The van der Waals surface area contributed by atoms with Crippen molar-refractivity contribution in [3.8, 4) is 0 Å². The summed E-state index contributed by atoms with van der Waals surface area (Å²) in [6.45, 7) is 1.92. The number of imide groups is 1. The highest BCUT2D eigenvalue weighted by atomic mass is 35.5. The Morgan fingerprint density at radius 2 is 1.74 bits per heavy atom. The molecule has 0 saturated carbocycles. The lowest BCUT2D eigenvalue weighted by Crippen LogP contribution is -2.32. The van der Waals surface area contributed by atoms with Gasteiger partial charge >= 0.3 is 6.18 Å². The zero-order valence-electron chi connectivity index (χ0n) is 14.1. The van der Waals surface area contributed by atoms with Gasteiger partial charge in [-0.2, -0.15) is 13.2 Å². The van der Waals surface area contributed by atoms with Crippen LogP contribution in [-0.4, -0.2) is 11.8 Å². The van der Waals surface area contributed by atoms with Crippen LogP contribution in [-0.2, 0) is 22.2 Å². The van der Waals surface area contributed by atoms with Gasteiger partial charge in [0.05, 0.1) is 11.3 Å². The predicted octanol–water partition coefficient (Wildman–Crippen LogP) is 4.70. The molecular formula is C19H14ClF3N2O2. The summed E-state index contributed by atoms with van der Waals surface area (Å²) in [6.07, 6.45) is -3.92. The van der Waals surface area contributed by atoms with Gasteiger partial charge < -0.3 is 5.32 Å². The number of carbonyl (C=O) groups is 2. The van der Waals surface area contributed by atoms with Gasteiger partial charge in [0.15, 0.2) is 0 Å². The van der Waals surface area contributed by atoms with Gasteiger partial charge in [-0.05, 0) is 36.2 Å². The summed E-state index contributed by atoms with van der Waals surface area (Å²) in [6, 6.07) is 11.1. The first-order valence-electron chi connectivity index (χ1n) is 8.04. The van der Waals surface area contributed by atoms with Gasteiger partial charge in [0.25, 0.3) is 11.8 Å². The maximum absolute atomic E-state index is 12.9. The highest BCUT2D eigenvalue weighted by molar-refractivity contribution is 6.53. The van der Waals surface area contributed by atoms with Crippen LogP contribution in [0.1, 0.15) is 18.1 Å². The molecule has 8 heteroatoms. The monoisotopic (exact) mass is 394 g/mol. The molecule has 0 radical (unpaired) electrons. The van der Waals surface area contributed by atoms with Gasteiger partial charge in [0.1, 0.15) is 10.7 Å². The van der Waals surface area contributed by atoms with Crippen LogP contribution < -0.4 is 10.2 Å². The molecule has 27 heavy (non-hydrogen) atoms. The van der Waals surface area contributed by atoms with Gasteiger partial charge in [-0.25, -0.2) is 4.90 Å². The van der Waals surface area contributed by atoms with Gasteiger partial charge in [0, 0.05) is 5.69 Å². The van der Waals surface area contributed by atoms with Crippen LogP contribution in [0.5, 0.6) is 0 Å². The Labute approximate surface area is 158 Å². The molecule has 0 aromatic heterocycles. The average Bonchev–Trinajstić information content (AvgIpc) is 2.85. The van der Waals surface area contributed by atoms with Gasteiger partial charge in [-0.15, -0.1) is 0 Å². The summed E-state index contributed by atoms with van der Waals surface area (Å²) in [4.78, 5) is 25.8. The fourth-order valence-electron chi connectivity index (χ4n) is 2.75. The smallest absolute Gasteiger partial charge is 0.349 e. The molecule has 4 nitrogen and oxygen atoms in total. The van der Waals surface area contributed by atoms with Crippen molar-refractivity contribution in [2.24, 2.45) is 0 Å². The van der Waals surface area contributed by atoms with Crippen molar-refractivity contribution >= 4 is 34.8 Å². The van der Waals surface area contributed by atoms with Gasteiger partial charge in [-0.3, -0.25) is 9.59 Å². The SMILES string of the molecule is CCc1ccccc1NC1=C(Cl)C(=O)N(c2cccc(C(F)(F)F)c2)C1=O. The number of aryl methyl sites for hydroxylation is 1. The van der Waals surface area contributed by atoms with Gasteiger partial charge in [0.2, 0.25) is 0 Å². The molecule has 1 N–H and O–H groups in total. The van der Waals surface area contributed by atoms with Crippen molar-refractivity contribution in [3.05, 3.63) is 70.4 Å². The molecule has 0 aliphatic carbocycles. The van der Waals surface area contributed by atoms with E-state index in [1.807, 2.05) is 19.1 Å². The van der Waals surface area contributed by atoms with Gasteiger partial charge in [-0.1, -0.05) is 42.8 Å². The Bertz CT molecular complexity index is 954. The van der Waals surface area contributed by atoms with E-state index in [-0.39, 0.29) is 16.4 Å². The van der Waals surface area contributed by atoms with Crippen molar-refractivity contribution in [1.82, 2.24) is 0 Å². The topological polar surface area (TPSA) is 49.4 Å². The number of nitrogens with zero attached hydrogens (tertiary/aromatic N) is 1. The van der Waals surface area contributed by atoms with Crippen LogP contribution >= 0.6 is 11.6 Å². The molecule has 2 amide bonds. The van der Waals surface area contributed by atoms with Crippen molar-refractivity contribution < 1.29 is 22.8 Å². The number of para-hydroxylation sites is 1. The van der Waals surface area contributed by atoms with Crippen LogP contribution in [0.3, 0.4) is 0 Å². The number of nitrogens with one attached hydrogen (secondary N) is 1. The first-order chi connectivity index (χ1) is 12.7. The Hall–Kier alpha value is -2.80. The zero-order valence-corrected chi connectivity index (χ0v) is 14.9. The second kappa shape index (κ2) is 7.08. The van der Waals surface area contributed by atoms with E-state index in [0.717, 1.165) is 23.8 Å². The number of rotatable bonds is 4. The molecule has 1 aliphatic heterocycles. The highest BCUT2D eigenvalue weighted by Gasteiger charge is 2.40. The first-order valence-corrected chi connectivity index (χ1v) is 8.42. The number of amides is 2. The van der Waals surface area contributed by atoms with Crippen molar-refractivity contribution in [1.29, 1.82) is 0 Å². The highest BCUT2D eigenvalue weighted by Crippen LogP contribution is 2.35. The maximum Gasteiger partial charge on any atom is 0.416 e. The predicted molar refractivity (Wildman–Crippen MR) is 96.3 cm³/mol. The molecule has 0 spiro atoms. The number of hydrogen-bond donors (Lipinski definition) is 1. The van der Waals surface area contributed by atoms with Crippen LogP contribution in [0.25, 0.3) is 0 Å². The molecule has 1 heterocycles. The molecule has 0 bridgehead atoms. The number of halogens is 4. The van der Waals surface area contributed by atoms with E-state index in [1.165, 1.54) is 6.07 Å². The largest absolute Gasteiger partial charge is 0.416 e. The Kier molecular flexibility index (Phi) is 4.97. The molecule has 0 atom stereocenters. The Morgan fingerprint density at radius 3 is 2.41 bits per heavy atom. The number of anilines is 2. The van der Waals surface area contributed by atoms with Crippen LogP contribution in [0, 0.1) is 0 Å². The molecule has 0 unspecified atom stereocenters. The van der Waals surface area contributed by atoms with E-state index < -0.39 is 23.6 Å². The van der Waals surface area contributed by atoms with E-state index in [4.69, 9.17) is 11.6 Å². The average molecular weight is 395 g/mol. The summed E-state index contributed by atoms with van der Waals surface area (Å²) in [5, 5.41) is 2.48. The third kappa shape index (κ3) is 3.55. The molecule has 3 rings (SSSR count). The normalized spacial score (nSPS) is 14.9. The minimum Gasteiger partial charge on any atom is -0.349 e. The van der Waals surface area contributed by atoms with Crippen molar-refractivity contribution in [3.63, 3.8) is 0 Å². The summed E-state index contributed by atoms with van der Waals surface area (Å²) in [5.74, 6) is -1.69. The summed E-state index contributed by atoms with van der Waals surface area (Å²) < 4.78 is 38.8. The van der Waals surface area contributed by atoms with E-state index in [1.54, 1.807) is 12.1 Å². The summed E-state index contributed by atoms with van der Waals surface area (Å²) in [7, 11) is 0. The number of benzene rings is 2. The maximum atomic E-state index is 12.9. The minimum atomic E-state index is -4.60.